The van der Waals surface area contributed by atoms with Crippen molar-refractivity contribution in [2.24, 2.45) is 5.92 Å². The van der Waals surface area contributed by atoms with Crippen LogP contribution in [-0.2, 0) is 13.2 Å². The molecule has 3 aromatic carbocycles. The van der Waals surface area contributed by atoms with Crippen LogP contribution in [0.4, 0.5) is 4.39 Å². The average Bonchev–Trinajstić information content (AvgIpc) is 2.74. The van der Waals surface area contributed by atoms with Crippen LogP contribution in [0.3, 0.4) is 0 Å². The zero-order chi connectivity index (χ0) is 21.1. The molecule has 0 aliphatic rings. The van der Waals surface area contributed by atoms with E-state index in [-0.39, 0.29) is 17.3 Å². The quantitative estimate of drug-likeness (QED) is 0.407. The number of rotatable bonds is 6. The lowest BCUT2D eigenvalue weighted by Gasteiger charge is -2.15. The minimum absolute atomic E-state index is 0.103. The first-order valence-electron chi connectivity index (χ1n) is 10.0. The Morgan fingerprint density at radius 3 is 2.50 bits per heavy atom. The van der Waals surface area contributed by atoms with Crippen LogP contribution in [0.1, 0.15) is 19.4 Å². The lowest BCUT2D eigenvalue weighted by Crippen LogP contribution is -2.23. The molecule has 4 heteroatoms. The fourth-order valence-corrected chi connectivity index (χ4v) is 3.50. The van der Waals surface area contributed by atoms with E-state index < -0.39 is 0 Å². The number of halogens is 1. The Balaban J connectivity index is 1.82. The molecule has 0 saturated heterocycles. The molecule has 0 spiro atoms. The Morgan fingerprint density at radius 2 is 1.77 bits per heavy atom. The first-order valence-corrected chi connectivity index (χ1v) is 10.0. The van der Waals surface area contributed by atoms with Crippen LogP contribution in [0.5, 0.6) is 5.75 Å². The minimum atomic E-state index is -0.327. The molecule has 30 heavy (non-hydrogen) atoms. The van der Waals surface area contributed by atoms with Crippen molar-refractivity contribution in [2.45, 2.75) is 27.0 Å². The van der Waals surface area contributed by atoms with E-state index in [1.54, 1.807) is 16.7 Å². The molecule has 0 amide bonds. The number of fused-ring (bicyclic) bond motifs is 1. The van der Waals surface area contributed by atoms with Crippen molar-refractivity contribution in [2.75, 3.05) is 0 Å². The zero-order valence-corrected chi connectivity index (χ0v) is 17.1. The summed E-state index contributed by atoms with van der Waals surface area (Å²) >= 11 is 0. The summed E-state index contributed by atoms with van der Waals surface area (Å²) in [6, 6.07) is 21.7. The predicted octanol–water partition coefficient (Wildman–Crippen LogP) is 5.84. The smallest absolute Gasteiger partial charge is 0.258 e. The number of hydrogen-bond acceptors (Lipinski definition) is 2. The van der Waals surface area contributed by atoms with Crippen LogP contribution in [0, 0.1) is 17.9 Å². The normalized spacial score (nSPS) is 11.2. The Labute approximate surface area is 175 Å². The molecule has 0 aliphatic heterocycles. The zero-order valence-electron chi connectivity index (χ0n) is 17.1. The van der Waals surface area contributed by atoms with Crippen molar-refractivity contribution in [3.8, 4) is 16.9 Å². The summed E-state index contributed by atoms with van der Waals surface area (Å²) in [5.41, 5.74) is 2.32. The van der Waals surface area contributed by atoms with Gasteiger partial charge in [0.15, 0.2) is 0 Å². The van der Waals surface area contributed by atoms with Gasteiger partial charge in [0, 0.05) is 22.9 Å². The van der Waals surface area contributed by atoms with Gasteiger partial charge in [-0.3, -0.25) is 4.79 Å². The highest BCUT2D eigenvalue weighted by atomic mass is 19.1. The lowest BCUT2D eigenvalue weighted by molar-refractivity contribution is 0.306. The molecular weight excluding hydrogens is 377 g/mol. The van der Waals surface area contributed by atoms with E-state index in [9.17, 15) is 9.18 Å². The number of hydrogen-bond donors (Lipinski definition) is 0. The largest absolute Gasteiger partial charge is 0.489 e. The highest BCUT2D eigenvalue weighted by molar-refractivity contribution is 5.96. The van der Waals surface area contributed by atoms with Crippen LogP contribution in [-0.4, -0.2) is 4.57 Å². The second kappa shape index (κ2) is 8.54. The Hall–Kier alpha value is -3.40. The van der Waals surface area contributed by atoms with Crippen molar-refractivity contribution in [3.05, 3.63) is 101 Å². The van der Waals surface area contributed by atoms with Gasteiger partial charge < -0.3 is 9.30 Å². The van der Waals surface area contributed by atoms with Gasteiger partial charge >= 0.3 is 0 Å². The molecule has 1 aromatic heterocycles. The summed E-state index contributed by atoms with van der Waals surface area (Å²) in [6.07, 6.45) is 3.21. The van der Waals surface area contributed by atoms with Crippen LogP contribution in [0.25, 0.3) is 21.9 Å². The van der Waals surface area contributed by atoms with Crippen molar-refractivity contribution >= 4 is 10.8 Å². The highest BCUT2D eigenvalue weighted by Crippen LogP contribution is 2.30. The van der Waals surface area contributed by atoms with Gasteiger partial charge in [0.2, 0.25) is 0 Å². The van der Waals surface area contributed by atoms with E-state index in [1.165, 1.54) is 12.1 Å². The fourth-order valence-electron chi connectivity index (χ4n) is 3.50. The second-order valence-corrected chi connectivity index (χ2v) is 7.79. The average molecular weight is 400 g/mol. The molecule has 3 nitrogen and oxygen atoms in total. The van der Waals surface area contributed by atoms with E-state index in [2.05, 4.69) is 6.20 Å². The molecule has 0 saturated carbocycles. The van der Waals surface area contributed by atoms with Gasteiger partial charge in [-0.1, -0.05) is 56.3 Å². The van der Waals surface area contributed by atoms with Gasteiger partial charge in [-0.05, 0) is 47.4 Å². The monoisotopic (exact) mass is 400 g/mol. The highest BCUT2D eigenvalue weighted by Gasteiger charge is 2.14. The van der Waals surface area contributed by atoms with Crippen molar-refractivity contribution in [1.29, 1.82) is 0 Å². The Bertz CT molecular complexity index is 1230. The topological polar surface area (TPSA) is 31.2 Å². The van der Waals surface area contributed by atoms with Gasteiger partial charge in [0.25, 0.3) is 5.56 Å². The van der Waals surface area contributed by atoms with Gasteiger partial charge in [0.05, 0.1) is 6.20 Å². The molecule has 0 fully saturated rings. The van der Waals surface area contributed by atoms with Crippen LogP contribution in [0.2, 0.25) is 0 Å². The number of aromatic nitrogens is 1. The molecule has 0 aliphatic carbocycles. The molecule has 0 atom stereocenters. The SMILES string of the molecule is CC(C)Cn1[c]c(-c2cccc(F)c2)c2cc(OCc3ccccc3)ccc2c1=O. The third-order valence-corrected chi connectivity index (χ3v) is 4.89. The summed E-state index contributed by atoms with van der Waals surface area (Å²) < 4.78 is 21.5. The van der Waals surface area contributed by atoms with E-state index in [0.717, 1.165) is 5.56 Å². The first-order chi connectivity index (χ1) is 14.5. The fraction of sp³-hybridized carbons (Fsp3) is 0.192. The van der Waals surface area contributed by atoms with Crippen LogP contribution < -0.4 is 10.3 Å². The molecule has 4 aromatic rings. The summed E-state index contributed by atoms with van der Waals surface area (Å²) in [5.74, 6) is 0.607. The molecule has 0 N–H and O–H groups in total. The summed E-state index contributed by atoms with van der Waals surface area (Å²) in [6.45, 7) is 5.07. The molecule has 1 heterocycles. The number of nitrogens with zero attached hydrogens (tertiary/aromatic N) is 1. The third-order valence-electron chi connectivity index (χ3n) is 4.89. The van der Waals surface area contributed by atoms with Gasteiger partial charge in [-0.15, -0.1) is 0 Å². The molecule has 1 radical (unpaired) electrons. The molecule has 0 bridgehead atoms. The Kier molecular flexibility index (Phi) is 5.66. The minimum Gasteiger partial charge on any atom is -0.489 e. The Morgan fingerprint density at radius 1 is 0.967 bits per heavy atom. The van der Waals surface area contributed by atoms with E-state index in [4.69, 9.17) is 4.74 Å². The maximum Gasteiger partial charge on any atom is 0.258 e. The predicted molar refractivity (Wildman–Crippen MR) is 118 cm³/mol. The van der Waals surface area contributed by atoms with Crippen molar-refractivity contribution in [3.63, 3.8) is 0 Å². The summed E-state index contributed by atoms with van der Waals surface area (Å²) in [7, 11) is 0. The number of ether oxygens (including phenoxy) is 1. The van der Waals surface area contributed by atoms with Gasteiger partial charge in [-0.25, -0.2) is 4.39 Å². The molecule has 4 rings (SSSR count). The third kappa shape index (κ3) is 4.28. The molecule has 151 valence electrons. The first kappa shape index (κ1) is 19.9. The van der Waals surface area contributed by atoms with E-state index >= 15 is 0 Å². The lowest BCUT2D eigenvalue weighted by atomic mass is 10.00. The van der Waals surface area contributed by atoms with Gasteiger partial charge in [-0.2, -0.15) is 0 Å². The standard InChI is InChI=1S/C26H23FNO2/c1-18(2)15-28-16-25(20-9-6-10-21(27)13-20)24-14-22(11-12-23(24)26(28)29)30-17-19-7-4-3-5-8-19/h3-14,18H,15,17H2,1-2H3. The maximum atomic E-state index is 13.9. The number of pyridine rings is 1. The van der Waals surface area contributed by atoms with Crippen molar-refractivity contribution < 1.29 is 9.13 Å². The second-order valence-electron chi connectivity index (χ2n) is 7.79. The summed E-state index contributed by atoms with van der Waals surface area (Å²) in [5, 5.41) is 1.27. The van der Waals surface area contributed by atoms with Crippen molar-refractivity contribution in [1.82, 2.24) is 4.57 Å². The van der Waals surface area contributed by atoms with Gasteiger partial charge in [0.1, 0.15) is 18.2 Å². The van der Waals surface area contributed by atoms with Crippen LogP contribution >= 0.6 is 0 Å². The maximum absolute atomic E-state index is 13.9. The van der Waals surface area contributed by atoms with E-state index in [1.807, 2.05) is 62.4 Å². The molecular formula is C26H23FNO2. The molecule has 0 unspecified atom stereocenters. The summed E-state index contributed by atoms with van der Waals surface area (Å²) in [4.78, 5) is 13.0. The van der Waals surface area contributed by atoms with Crippen LogP contribution in [0.15, 0.2) is 77.6 Å². The van der Waals surface area contributed by atoms with E-state index in [0.29, 0.717) is 40.8 Å². The number of benzene rings is 3.